The molecule has 1 aromatic rings. The van der Waals surface area contributed by atoms with E-state index in [2.05, 4.69) is 22.1 Å². The first-order chi connectivity index (χ1) is 8.74. The van der Waals surface area contributed by atoms with Crippen LogP contribution in [0.3, 0.4) is 0 Å². The maximum Gasteiger partial charge on any atom is 0.128 e. The van der Waals surface area contributed by atoms with Crippen LogP contribution in [0.25, 0.3) is 0 Å². The minimum absolute atomic E-state index is 0.720. The zero-order valence-corrected chi connectivity index (χ0v) is 12.0. The standard InChI is InChI=1S/C14H22ClN3/c1-3-11-5-4-8-18(10-11)14-7-6-12(15)13(17-14)9-16-2/h6-7,11,16H,3-5,8-10H2,1-2H3. The average molecular weight is 268 g/mol. The van der Waals surface area contributed by atoms with Gasteiger partial charge in [-0.15, -0.1) is 0 Å². The van der Waals surface area contributed by atoms with E-state index in [0.717, 1.165) is 42.1 Å². The summed E-state index contributed by atoms with van der Waals surface area (Å²) in [4.78, 5) is 7.08. The summed E-state index contributed by atoms with van der Waals surface area (Å²) in [5.74, 6) is 1.88. The van der Waals surface area contributed by atoms with E-state index in [1.807, 2.05) is 19.2 Å². The highest BCUT2D eigenvalue weighted by Crippen LogP contribution is 2.25. The number of anilines is 1. The van der Waals surface area contributed by atoms with Gasteiger partial charge in [0.2, 0.25) is 0 Å². The average Bonchev–Trinajstić information content (AvgIpc) is 2.41. The fourth-order valence-electron chi connectivity index (χ4n) is 2.55. The fraction of sp³-hybridized carbons (Fsp3) is 0.643. The SMILES string of the molecule is CCC1CCCN(c2ccc(Cl)c(CNC)n2)C1. The molecule has 0 aliphatic carbocycles. The van der Waals surface area contributed by atoms with Gasteiger partial charge in [-0.2, -0.15) is 0 Å². The van der Waals surface area contributed by atoms with Crippen LogP contribution in [0.5, 0.6) is 0 Å². The van der Waals surface area contributed by atoms with Crippen molar-refractivity contribution < 1.29 is 0 Å². The van der Waals surface area contributed by atoms with Crippen LogP contribution < -0.4 is 10.2 Å². The maximum absolute atomic E-state index is 6.15. The van der Waals surface area contributed by atoms with Crippen molar-refractivity contribution in [3.05, 3.63) is 22.8 Å². The molecule has 1 aliphatic heterocycles. The van der Waals surface area contributed by atoms with E-state index in [4.69, 9.17) is 11.6 Å². The van der Waals surface area contributed by atoms with Gasteiger partial charge >= 0.3 is 0 Å². The first kappa shape index (κ1) is 13.6. The lowest BCUT2D eigenvalue weighted by Crippen LogP contribution is -2.35. The van der Waals surface area contributed by atoms with Crippen LogP contribution in [0.4, 0.5) is 5.82 Å². The van der Waals surface area contributed by atoms with Gasteiger partial charge in [0.05, 0.1) is 10.7 Å². The molecule has 0 aromatic carbocycles. The molecule has 0 amide bonds. The third kappa shape index (κ3) is 3.15. The Morgan fingerprint density at radius 2 is 2.33 bits per heavy atom. The summed E-state index contributed by atoms with van der Waals surface area (Å²) >= 11 is 6.15. The molecule has 3 nitrogen and oxygen atoms in total. The second-order valence-electron chi connectivity index (χ2n) is 4.99. The van der Waals surface area contributed by atoms with Gasteiger partial charge < -0.3 is 10.2 Å². The first-order valence-corrected chi connectivity index (χ1v) is 7.17. The van der Waals surface area contributed by atoms with Gasteiger partial charge in [0.25, 0.3) is 0 Å². The molecule has 18 heavy (non-hydrogen) atoms. The molecule has 4 heteroatoms. The zero-order chi connectivity index (χ0) is 13.0. The number of hydrogen-bond acceptors (Lipinski definition) is 3. The molecule has 1 unspecified atom stereocenters. The third-order valence-electron chi connectivity index (χ3n) is 3.67. The van der Waals surface area contributed by atoms with Crippen molar-refractivity contribution in [1.82, 2.24) is 10.3 Å². The number of nitrogens with zero attached hydrogens (tertiary/aromatic N) is 2. The van der Waals surface area contributed by atoms with E-state index in [0.29, 0.717) is 0 Å². The van der Waals surface area contributed by atoms with E-state index in [1.165, 1.54) is 19.3 Å². The van der Waals surface area contributed by atoms with Gasteiger partial charge in [-0.05, 0) is 37.9 Å². The molecule has 2 rings (SSSR count). The number of halogens is 1. The normalized spacial score (nSPS) is 20.2. The van der Waals surface area contributed by atoms with E-state index in [1.54, 1.807) is 0 Å². The van der Waals surface area contributed by atoms with Crippen LogP contribution in [0.2, 0.25) is 5.02 Å². The van der Waals surface area contributed by atoms with Crippen LogP contribution in [-0.2, 0) is 6.54 Å². The molecular weight excluding hydrogens is 246 g/mol. The number of nitrogens with one attached hydrogen (secondary N) is 1. The van der Waals surface area contributed by atoms with Crippen molar-refractivity contribution >= 4 is 17.4 Å². The lowest BCUT2D eigenvalue weighted by molar-refractivity contribution is 0.403. The second-order valence-corrected chi connectivity index (χ2v) is 5.40. The van der Waals surface area contributed by atoms with Gasteiger partial charge in [-0.1, -0.05) is 24.9 Å². The van der Waals surface area contributed by atoms with Crippen LogP contribution in [0.15, 0.2) is 12.1 Å². The minimum atomic E-state index is 0.720. The molecule has 0 saturated carbocycles. The number of hydrogen-bond donors (Lipinski definition) is 1. The number of piperidine rings is 1. The molecule has 100 valence electrons. The lowest BCUT2D eigenvalue weighted by Gasteiger charge is -2.33. The Balaban J connectivity index is 2.14. The predicted octanol–water partition coefficient (Wildman–Crippen LogP) is 3.08. The molecule has 1 fully saturated rings. The largest absolute Gasteiger partial charge is 0.356 e. The molecule has 0 bridgehead atoms. The zero-order valence-electron chi connectivity index (χ0n) is 11.2. The highest BCUT2D eigenvalue weighted by atomic mass is 35.5. The van der Waals surface area contributed by atoms with E-state index >= 15 is 0 Å². The van der Waals surface area contributed by atoms with Gasteiger partial charge in [-0.3, -0.25) is 0 Å². The third-order valence-corrected chi connectivity index (χ3v) is 4.01. The molecule has 1 aromatic heterocycles. The quantitative estimate of drug-likeness (QED) is 0.909. The predicted molar refractivity (Wildman–Crippen MR) is 77.2 cm³/mol. The van der Waals surface area contributed by atoms with Crippen molar-refractivity contribution in [3.63, 3.8) is 0 Å². The van der Waals surface area contributed by atoms with E-state index < -0.39 is 0 Å². The molecule has 0 spiro atoms. The Kier molecular flexibility index (Phi) is 4.84. The monoisotopic (exact) mass is 267 g/mol. The minimum Gasteiger partial charge on any atom is -0.356 e. The lowest BCUT2D eigenvalue weighted by atomic mass is 9.96. The van der Waals surface area contributed by atoms with E-state index in [-0.39, 0.29) is 0 Å². The second kappa shape index (κ2) is 6.39. The molecule has 1 aliphatic rings. The Bertz CT molecular complexity index is 395. The number of pyridine rings is 1. The van der Waals surface area contributed by atoms with Crippen LogP contribution in [0, 0.1) is 5.92 Å². The van der Waals surface area contributed by atoms with Gasteiger partial charge in [-0.25, -0.2) is 4.98 Å². The van der Waals surface area contributed by atoms with Crippen LogP contribution >= 0.6 is 11.6 Å². The molecular formula is C14H22ClN3. The molecule has 1 saturated heterocycles. The topological polar surface area (TPSA) is 28.2 Å². The highest BCUT2D eigenvalue weighted by Gasteiger charge is 2.20. The van der Waals surface area contributed by atoms with Crippen molar-refractivity contribution in [2.24, 2.45) is 5.92 Å². The summed E-state index contributed by atoms with van der Waals surface area (Å²) in [6.07, 6.45) is 3.88. The fourth-order valence-corrected chi connectivity index (χ4v) is 2.72. The Hall–Kier alpha value is -0.800. The Morgan fingerprint density at radius 1 is 1.50 bits per heavy atom. The van der Waals surface area contributed by atoms with Gasteiger partial charge in [0.15, 0.2) is 0 Å². The number of rotatable bonds is 4. The summed E-state index contributed by atoms with van der Waals surface area (Å²) in [6.45, 7) is 5.24. The van der Waals surface area contributed by atoms with E-state index in [9.17, 15) is 0 Å². The number of aromatic nitrogens is 1. The maximum atomic E-state index is 6.15. The van der Waals surface area contributed by atoms with Crippen molar-refractivity contribution in [1.29, 1.82) is 0 Å². The van der Waals surface area contributed by atoms with Gasteiger partial charge in [0, 0.05) is 19.6 Å². The summed E-state index contributed by atoms with van der Waals surface area (Å²) in [5, 5.41) is 3.86. The van der Waals surface area contributed by atoms with Crippen molar-refractivity contribution in [3.8, 4) is 0 Å². The smallest absolute Gasteiger partial charge is 0.128 e. The Morgan fingerprint density at radius 3 is 3.06 bits per heavy atom. The van der Waals surface area contributed by atoms with Crippen LogP contribution in [0.1, 0.15) is 31.9 Å². The highest BCUT2D eigenvalue weighted by molar-refractivity contribution is 6.31. The molecule has 1 atom stereocenters. The van der Waals surface area contributed by atoms with Gasteiger partial charge in [0.1, 0.15) is 5.82 Å². The molecule has 1 N–H and O–H groups in total. The summed E-state index contributed by atoms with van der Waals surface area (Å²) in [6, 6.07) is 4.01. The summed E-state index contributed by atoms with van der Waals surface area (Å²) in [5.41, 5.74) is 0.940. The van der Waals surface area contributed by atoms with Crippen LogP contribution in [-0.4, -0.2) is 25.1 Å². The van der Waals surface area contributed by atoms with Crippen molar-refractivity contribution in [2.75, 3.05) is 25.0 Å². The molecule has 2 heterocycles. The first-order valence-electron chi connectivity index (χ1n) is 6.79. The molecule has 0 radical (unpaired) electrons. The van der Waals surface area contributed by atoms with Crippen molar-refractivity contribution in [2.45, 2.75) is 32.7 Å². The Labute approximate surface area is 115 Å². The summed E-state index contributed by atoms with van der Waals surface area (Å²) in [7, 11) is 1.92. The summed E-state index contributed by atoms with van der Waals surface area (Å²) < 4.78 is 0.